The van der Waals surface area contributed by atoms with E-state index in [0.29, 0.717) is 10.6 Å². The summed E-state index contributed by atoms with van der Waals surface area (Å²) < 4.78 is 24.7. The summed E-state index contributed by atoms with van der Waals surface area (Å²) in [5.74, 6) is 0.119. The number of rotatable bonds is 3. The molecule has 78 valence electrons. The summed E-state index contributed by atoms with van der Waals surface area (Å²) in [6, 6.07) is 9.80. The molecule has 0 aliphatic rings. The molecule has 1 atom stereocenters. The van der Waals surface area contributed by atoms with Crippen LogP contribution in [0.25, 0.3) is 0 Å². The number of benzene rings is 1. The Morgan fingerprint density at radius 3 is 2.80 bits per heavy atom. The first-order chi connectivity index (χ1) is 7.25. The van der Waals surface area contributed by atoms with Gasteiger partial charge in [0.25, 0.3) is 0 Å². The number of halogens is 1. The highest BCUT2D eigenvalue weighted by molar-refractivity contribution is 7.84. The lowest BCUT2D eigenvalue weighted by Crippen LogP contribution is -1.94. The first kappa shape index (κ1) is 10.5. The third-order valence-corrected chi connectivity index (χ3v) is 4.32. The van der Waals surface area contributed by atoms with E-state index in [1.54, 1.807) is 23.5 Å². The van der Waals surface area contributed by atoms with Crippen molar-refractivity contribution < 1.29 is 8.60 Å². The van der Waals surface area contributed by atoms with Crippen LogP contribution >= 0.6 is 11.3 Å². The van der Waals surface area contributed by atoms with E-state index in [1.807, 2.05) is 17.5 Å². The lowest BCUT2D eigenvalue weighted by molar-refractivity contribution is 0.622. The van der Waals surface area contributed by atoms with Gasteiger partial charge in [0.15, 0.2) is 0 Å². The average Bonchev–Trinajstić information content (AvgIpc) is 2.70. The average molecular weight is 240 g/mol. The van der Waals surface area contributed by atoms with E-state index in [-0.39, 0.29) is 5.82 Å². The van der Waals surface area contributed by atoms with Crippen LogP contribution in [0.2, 0.25) is 0 Å². The second kappa shape index (κ2) is 4.68. The quantitative estimate of drug-likeness (QED) is 0.805. The largest absolute Gasteiger partial charge is 0.254 e. The fourth-order valence-electron chi connectivity index (χ4n) is 1.22. The molecule has 1 aromatic carbocycles. The van der Waals surface area contributed by atoms with Crippen LogP contribution in [0.5, 0.6) is 0 Å². The van der Waals surface area contributed by atoms with Gasteiger partial charge in [-0.05, 0) is 29.6 Å². The summed E-state index contributed by atoms with van der Waals surface area (Å²) in [6.07, 6.45) is 0. The van der Waals surface area contributed by atoms with E-state index in [2.05, 4.69) is 0 Å². The Kier molecular flexibility index (Phi) is 3.28. The summed E-state index contributed by atoms with van der Waals surface area (Å²) in [7, 11) is -1.15. The minimum atomic E-state index is -1.15. The minimum absolute atomic E-state index is 0.341. The fraction of sp³-hybridized carbons (Fsp3) is 0.0909. The summed E-state index contributed by atoms with van der Waals surface area (Å²) in [5.41, 5.74) is 0. The van der Waals surface area contributed by atoms with Crippen molar-refractivity contribution >= 4 is 22.1 Å². The Balaban J connectivity index is 2.15. The molecule has 0 radical (unpaired) electrons. The Labute approximate surface area is 94.0 Å². The monoisotopic (exact) mass is 240 g/mol. The molecule has 0 aliphatic heterocycles. The van der Waals surface area contributed by atoms with Gasteiger partial charge in [0.05, 0.1) is 16.6 Å². The lowest BCUT2D eigenvalue weighted by Gasteiger charge is -2.00. The highest BCUT2D eigenvalue weighted by Crippen LogP contribution is 2.16. The molecule has 0 saturated heterocycles. The van der Waals surface area contributed by atoms with Crippen LogP contribution in [0.3, 0.4) is 0 Å². The van der Waals surface area contributed by atoms with E-state index < -0.39 is 10.8 Å². The van der Waals surface area contributed by atoms with Gasteiger partial charge in [0, 0.05) is 9.77 Å². The maximum absolute atomic E-state index is 12.9. The molecular weight excluding hydrogens is 231 g/mol. The third-order valence-electron chi connectivity index (χ3n) is 1.91. The Bertz CT molecular complexity index is 465. The van der Waals surface area contributed by atoms with Gasteiger partial charge in [0.2, 0.25) is 0 Å². The maximum Gasteiger partial charge on any atom is 0.124 e. The molecule has 0 bridgehead atoms. The number of hydrogen-bond acceptors (Lipinski definition) is 2. The Hall–Kier alpha value is -1.00. The second-order valence-electron chi connectivity index (χ2n) is 3.03. The summed E-state index contributed by atoms with van der Waals surface area (Å²) >= 11 is 1.56. The van der Waals surface area contributed by atoms with E-state index in [1.165, 1.54) is 12.1 Å². The third kappa shape index (κ3) is 2.73. The van der Waals surface area contributed by atoms with Crippen LogP contribution in [0.4, 0.5) is 4.39 Å². The van der Waals surface area contributed by atoms with Crippen LogP contribution in [0, 0.1) is 5.82 Å². The molecule has 15 heavy (non-hydrogen) atoms. The molecule has 2 aromatic rings. The summed E-state index contributed by atoms with van der Waals surface area (Å²) in [4.78, 5) is 1.60. The summed E-state index contributed by atoms with van der Waals surface area (Å²) in [6.45, 7) is 0. The summed E-state index contributed by atoms with van der Waals surface area (Å²) in [5, 5.41) is 1.94. The SMILES string of the molecule is O=S(Cc1cccs1)c1cccc(F)c1. The molecule has 2 rings (SSSR count). The van der Waals surface area contributed by atoms with Gasteiger partial charge in [-0.3, -0.25) is 4.21 Å². The van der Waals surface area contributed by atoms with Crippen LogP contribution in [-0.2, 0) is 16.6 Å². The molecule has 1 aromatic heterocycles. The van der Waals surface area contributed by atoms with E-state index in [0.717, 1.165) is 4.88 Å². The zero-order valence-electron chi connectivity index (χ0n) is 7.85. The van der Waals surface area contributed by atoms with E-state index >= 15 is 0 Å². The second-order valence-corrected chi connectivity index (χ2v) is 5.51. The van der Waals surface area contributed by atoms with Gasteiger partial charge in [-0.25, -0.2) is 4.39 Å². The molecule has 0 N–H and O–H groups in total. The molecule has 1 nitrogen and oxygen atoms in total. The van der Waals surface area contributed by atoms with Crippen molar-refractivity contribution in [3.63, 3.8) is 0 Å². The van der Waals surface area contributed by atoms with Crippen molar-refractivity contribution in [2.75, 3.05) is 0 Å². The van der Waals surface area contributed by atoms with E-state index in [4.69, 9.17) is 0 Å². The highest BCUT2D eigenvalue weighted by Gasteiger charge is 2.06. The predicted octanol–water partition coefficient (Wildman–Crippen LogP) is 3.20. The standard InChI is InChI=1S/C11H9FOS2/c12-9-3-1-5-11(7-9)15(13)8-10-4-2-6-14-10/h1-7H,8H2. The van der Waals surface area contributed by atoms with Gasteiger partial charge < -0.3 is 0 Å². The van der Waals surface area contributed by atoms with Crippen molar-refractivity contribution in [1.29, 1.82) is 0 Å². The van der Waals surface area contributed by atoms with E-state index in [9.17, 15) is 8.60 Å². The van der Waals surface area contributed by atoms with Gasteiger partial charge in [-0.15, -0.1) is 11.3 Å². The predicted molar refractivity (Wildman–Crippen MR) is 60.8 cm³/mol. The lowest BCUT2D eigenvalue weighted by atomic mass is 10.4. The first-order valence-electron chi connectivity index (χ1n) is 4.42. The molecule has 0 fully saturated rings. The fourth-order valence-corrected chi connectivity index (χ4v) is 3.29. The van der Waals surface area contributed by atoms with Gasteiger partial charge in [-0.2, -0.15) is 0 Å². The smallest absolute Gasteiger partial charge is 0.124 e. The van der Waals surface area contributed by atoms with Crippen molar-refractivity contribution in [3.05, 3.63) is 52.5 Å². The molecule has 4 heteroatoms. The van der Waals surface area contributed by atoms with Crippen LogP contribution in [-0.4, -0.2) is 4.21 Å². The van der Waals surface area contributed by atoms with Gasteiger partial charge in [0.1, 0.15) is 5.82 Å². The highest BCUT2D eigenvalue weighted by atomic mass is 32.2. The van der Waals surface area contributed by atoms with Crippen molar-refractivity contribution in [2.45, 2.75) is 10.6 Å². The van der Waals surface area contributed by atoms with Crippen LogP contribution in [0.15, 0.2) is 46.7 Å². The molecule has 1 heterocycles. The normalized spacial score (nSPS) is 12.6. The Morgan fingerprint density at radius 2 is 2.13 bits per heavy atom. The molecular formula is C11H9FOS2. The van der Waals surface area contributed by atoms with Crippen molar-refractivity contribution in [2.24, 2.45) is 0 Å². The topological polar surface area (TPSA) is 17.1 Å². The van der Waals surface area contributed by atoms with Gasteiger partial charge in [-0.1, -0.05) is 12.1 Å². The Morgan fingerprint density at radius 1 is 1.27 bits per heavy atom. The number of thiophene rings is 1. The van der Waals surface area contributed by atoms with Crippen molar-refractivity contribution in [3.8, 4) is 0 Å². The molecule has 0 saturated carbocycles. The van der Waals surface area contributed by atoms with Crippen LogP contribution < -0.4 is 0 Å². The molecule has 0 spiro atoms. The zero-order chi connectivity index (χ0) is 10.7. The van der Waals surface area contributed by atoms with Gasteiger partial charge >= 0.3 is 0 Å². The maximum atomic E-state index is 12.9. The molecule has 1 unspecified atom stereocenters. The number of hydrogen-bond donors (Lipinski definition) is 0. The molecule has 0 aliphatic carbocycles. The zero-order valence-corrected chi connectivity index (χ0v) is 9.48. The van der Waals surface area contributed by atoms with Crippen LogP contribution in [0.1, 0.15) is 4.88 Å². The minimum Gasteiger partial charge on any atom is -0.254 e. The van der Waals surface area contributed by atoms with Crippen molar-refractivity contribution in [1.82, 2.24) is 0 Å². The first-order valence-corrected chi connectivity index (χ1v) is 6.62. The molecule has 0 amide bonds.